The molecule has 0 saturated carbocycles. The zero-order valence-electron chi connectivity index (χ0n) is 14.9. The van der Waals surface area contributed by atoms with Gasteiger partial charge in [-0.15, -0.1) is 0 Å². The summed E-state index contributed by atoms with van der Waals surface area (Å²) in [5.74, 6) is -2.87. The fourth-order valence-corrected chi connectivity index (χ4v) is 4.06. The molecule has 0 spiro atoms. The Morgan fingerprint density at radius 1 is 1.11 bits per heavy atom. The quantitative estimate of drug-likeness (QED) is 0.411. The van der Waals surface area contributed by atoms with Gasteiger partial charge in [0.25, 0.3) is 4.93 Å². The number of hydrogen-bond acceptors (Lipinski definition) is 9. The molecular formula is C18H15N3O5S2. The SMILES string of the molecule is COC(=O)[C@@H]1C(=S)N=C(c2ccccc2)O[C@]1(Sc1ncccn1)C(=O)OC. The summed E-state index contributed by atoms with van der Waals surface area (Å²) in [7, 11) is 2.37. The second kappa shape index (κ2) is 8.44. The molecule has 8 nitrogen and oxygen atoms in total. The number of methoxy groups -OCH3 is 2. The van der Waals surface area contributed by atoms with Crippen LogP contribution in [0, 0.1) is 5.92 Å². The Hall–Kier alpha value is -2.85. The van der Waals surface area contributed by atoms with Crippen LogP contribution in [0.3, 0.4) is 0 Å². The van der Waals surface area contributed by atoms with Crippen LogP contribution in [0.15, 0.2) is 58.9 Å². The van der Waals surface area contributed by atoms with Gasteiger partial charge in [0.05, 0.1) is 14.2 Å². The topological polar surface area (TPSA) is 100.0 Å². The van der Waals surface area contributed by atoms with Crippen molar-refractivity contribution in [1.82, 2.24) is 9.97 Å². The summed E-state index contributed by atoms with van der Waals surface area (Å²) in [5.41, 5.74) is 0.580. The first-order valence-corrected chi connectivity index (χ1v) is 9.23. The largest absolute Gasteiger partial charge is 0.468 e. The maximum absolute atomic E-state index is 12.9. The molecule has 0 unspecified atom stereocenters. The number of thiocarbonyl (C=S) groups is 1. The van der Waals surface area contributed by atoms with Crippen LogP contribution in [0.25, 0.3) is 0 Å². The smallest absolute Gasteiger partial charge is 0.363 e. The van der Waals surface area contributed by atoms with E-state index in [1.54, 1.807) is 30.3 Å². The van der Waals surface area contributed by atoms with E-state index in [4.69, 9.17) is 26.4 Å². The second-order valence-electron chi connectivity index (χ2n) is 5.47. The highest BCUT2D eigenvalue weighted by molar-refractivity contribution is 8.01. The summed E-state index contributed by atoms with van der Waals surface area (Å²) >= 11 is 6.16. The van der Waals surface area contributed by atoms with Crippen LogP contribution < -0.4 is 0 Å². The van der Waals surface area contributed by atoms with E-state index < -0.39 is 22.8 Å². The number of carbonyl (C=O) groups is 2. The predicted octanol–water partition coefficient (Wildman–Crippen LogP) is 2.03. The first-order chi connectivity index (χ1) is 13.5. The van der Waals surface area contributed by atoms with Crippen LogP contribution in [0.5, 0.6) is 0 Å². The third kappa shape index (κ3) is 3.73. The van der Waals surface area contributed by atoms with Crippen molar-refractivity contribution < 1.29 is 23.8 Å². The summed E-state index contributed by atoms with van der Waals surface area (Å²) in [6.45, 7) is 0. The molecule has 0 fully saturated rings. The molecule has 10 heteroatoms. The van der Waals surface area contributed by atoms with Gasteiger partial charge in [0.15, 0.2) is 11.1 Å². The minimum atomic E-state index is -1.94. The summed E-state index contributed by atoms with van der Waals surface area (Å²) in [6.07, 6.45) is 3.00. The van der Waals surface area contributed by atoms with Gasteiger partial charge in [-0.2, -0.15) is 0 Å². The standard InChI is InChI=1S/C18H15N3O5S2/c1-24-15(22)12-14(27)21-13(11-7-4-3-5-8-11)26-18(12,16(23)25-2)28-17-19-9-6-10-20-17/h3-10,12H,1-2H3/t12-,18+/m0/s1. The molecule has 0 amide bonds. The molecule has 0 N–H and O–H groups in total. The van der Waals surface area contributed by atoms with Crippen LogP contribution in [0.1, 0.15) is 5.56 Å². The Bertz CT molecular complexity index is 923. The number of carbonyl (C=O) groups excluding carboxylic acids is 2. The summed E-state index contributed by atoms with van der Waals surface area (Å²) < 4.78 is 15.8. The van der Waals surface area contributed by atoms with Gasteiger partial charge in [-0.05, 0) is 30.0 Å². The number of benzene rings is 1. The molecule has 2 heterocycles. The van der Waals surface area contributed by atoms with E-state index in [2.05, 4.69) is 15.0 Å². The highest BCUT2D eigenvalue weighted by Gasteiger charge is 2.60. The van der Waals surface area contributed by atoms with Gasteiger partial charge < -0.3 is 14.2 Å². The maximum atomic E-state index is 12.9. The molecule has 3 rings (SSSR count). The number of rotatable bonds is 5. The molecule has 1 aromatic heterocycles. The Labute approximate surface area is 170 Å². The van der Waals surface area contributed by atoms with E-state index >= 15 is 0 Å². The second-order valence-corrected chi connectivity index (χ2v) is 7.07. The van der Waals surface area contributed by atoms with Crippen molar-refractivity contribution in [2.75, 3.05) is 14.2 Å². The highest BCUT2D eigenvalue weighted by Crippen LogP contribution is 2.44. The fraction of sp³-hybridized carbons (Fsp3) is 0.222. The number of esters is 2. The average Bonchev–Trinajstić information content (AvgIpc) is 2.73. The molecule has 2 atom stereocenters. The minimum absolute atomic E-state index is 0.0641. The predicted molar refractivity (Wildman–Crippen MR) is 105 cm³/mol. The summed E-state index contributed by atoms with van der Waals surface area (Å²) in [5, 5.41) is 0.193. The third-order valence-corrected chi connectivity index (χ3v) is 5.31. The van der Waals surface area contributed by atoms with Gasteiger partial charge in [0, 0.05) is 18.0 Å². The van der Waals surface area contributed by atoms with Gasteiger partial charge >= 0.3 is 11.9 Å². The number of ether oxygens (including phenoxy) is 3. The van der Waals surface area contributed by atoms with Gasteiger partial charge in [-0.3, -0.25) is 4.79 Å². The van der Waals surface area contributed by atoms with Crippen LogP contribution >= 0.6 is 24.0 Å². The minimum Gasteiger partial charge on any atom is -0.468 e. The van der Waals surface area contributed by atoms with Crippen molar-refractivity contribution in [3.05, 3.63) is 54.4 Å². The molecule has 1 aromatic carbocycles. The number of nitrogens with zero attached hydrogens (tertiary/aromatic N) is 3. The molecule has 0 aliphatic carbocycles. The van der Waals surface area contributed by atoms with Crippen LogP contribution in [-0.2, 0) is 23.8 Å². The van der Waals surface area contributed by atoms with Crippen molar-refractivity contribution in [2.45, 2.75) is 10.1 Å². The van der Waals surface area contributed by atoms with Gasteiger partial charge in [-0.1, -0.05) is 30.4 Å². The van der Waals surface area contributed by atoms with Crippen molar-refractivity contribution in [1.29, 1.82) is 0 Å². The zero-order valence-corrected chi connectivity index (χ0v) is 16.5. The Morgan fingerprint density at radius 3 is 2.39 bits per heavy atom. The van der Waals surface area contributed by atoms with E-state index in [-0.39, 0.29) is 16.0 Å². The van der Waals surface area contributed by atoms with E-state index in [1.807, 2.05) is 6.07 Å². The Kier molecular flexibility index (Phi) is 6.00. The normalized spacial score (nSPS) is 21.3. The number of hydrogen-bond donors (Lipinski definition) is 0. The molecule has 1 aliphatic heterocycles. The monoisotopic (exact) mass is 417 g/mol. The molecular weight excluding hydrogens is 402 g/mol. The van der Waals surface area contributed by atoms with Crippen LogP contribution in [0.4, 0.5) is 0 Å². The van der Waals surface area contributed by atoms with Crippen molar-refractivity contribution in [3.63, 3.8) is 0 Å². The molecule has 2 aromatic rings. The lowest BCUT2D eigenvalue weighted by atomic mass is 9.99. The van der Waals surface area contributed by atoms with Gasteiger partial charge in [0.2, 0.25) is 5.90 Å². The zero-order chi connectivity index (χ0) is 20.1. The first kappa shape index (κ1) is 19.9. The lowest BCUT2D eigenvalue weighted by Gasteiger charge is -2.37. The van der Waals surface area contributed by atoms with E-state index in [9.17, 15) is 9.59 Å². The van der Waals surface area contributed by atoms with Gasteiger partial charge in [-0.25, -0.2) is 19.8 Å². The van der Waals surface area contributed by atoms with Crippen LogP contribution in [-0.4, -0.2) is 51.9 Å². The fourth-order valence-electron chi connectivity index (χ4n) is 2.53. The summed E-state index contributed by atoms with van der Waals surface area (Å²) in [6, 6.07) is 10.5. The Balaban J connectivity index is 2.16. The number of thioether (sulfide) groups is 1. The van der Waals surface area contributed by atoms with Crippen molar-refractivity contribution in [3.8, 4) is 0 Å². The number of aliphatic imine (C=N–C) groups is 1. The van der Waals surface area contributed by atoms with Crippen molar-refractivity contribution >= 4 is 46.8 Å². The lowest BCUT2D eigenvalue weighted by Crippen LogP contribution is -2.56. The third-order valence-electron chi connectivity index (χ3n) is 3.80. The van der Waals surface area contributed by atoms with E-state index in [0.29, 0.717) is 5.56 Å². The molecule has 1 aliphatic rings. The highest BCUT2D eigenvalue weighted by atomic mass is 32.2. The summed E-state index contributed by atoms with van der Waals surface area (Å²) in [4.78, 5) is 35.9. The lowest BCUT2D eigenvalue weighted by molar-refractivity contribution is -0.162. The molecule has 0 saturated heterocycles. The Morgan fingerprint density at radius 2 is 1.79 bits per heavy atom. The molecule has 144 valence electrons. The van der Waals surface area contributed by atoms with E-state index in [1.165, 1.54) is 26.6 Å². The number of aromatic nitrogens is 2. The van der Waals surface area contributed by atoms with Crippen molar-refractivity contribution in [2.24, 2.45) is 10.9 Å². The van der Waals surface area contributed by atoms with E-state index in [0.717, 1.165) is 11.8 Å². The first-order valence-electron chi connectivity index (χ1n) is 8.01. The van der Waals surface area contributed by atoms with Gasteiger partial charge in [0.1, 0.15) is 4.99 Å². The average molecular weight is 417 g/mol. The van der Waals surface area contributed by atoms with Crippen LogP contribution in [0.2, 0.25) is 0 Å². The maximum Gasteiger partial charge on any atom is 0.363 e. The molecule has 0 bridgehead atoms. The molecule has 0 radical (unpaired) electrons. The molecule has 28 heavy (non-hydrogen) atoms.